The molecule has 148 valence electrons. The average Bonchev–Trinajstić information content (AvgIpc) is 3.20. The Hall–Kier alpha value is -2.47. The van der Waals surface area contributed by atoms with Crippen molar-refractivity contribution in [3.05, 3.63) is 58.0 Å². The summed E-state index contributed by atoms with van der Waals surface area (Å²) < 4.78 is 18.5. The van der Waals surface area contributed by atoms with E-state index >= 15 is 0 Å². The van der Waals surface area contributed by atoms with E-state index in [-0.39, 0.29) is 30.4 Å². The van der Waals surface area contributed by atoms with Gasteiger partial charge < -0.3 is 9.64 Å². The molecule has 1 saturated heterocycles. The van der Waals surface area contributed by atoms with E-state index in [2.05, 4.69) is 0 Å². The van der Waals surface area contributed by atoms with Crippen LogP contribution in [0.4, 0.5) is 4.39 Å². The fourth-order valence-electron chi connectivity index (χ4n) is 3.58. The summed E-state index contributed by atoms with van der Waals surface area (Å²) in [5.74, 6) is -1.06. The first-order valence-electron chi connectivity index (χ1n) is 9.45. The van der Waals surface area contributed by atoms with Gasteiger partial charge in [-0.15, -0.1) is 11.3 Å². The van der Waals surface area contributed by atoms with Crippen LogP contribution in [0.25, 0.3) is 11.6 Å². The number of likely N-dealkylation sites (tertiary alicyclic amines) is 1. The van der Waals surface area contributed by atoms with Gasteiger partial charge in [-0.1, -0.05) is 18.2 Å². The molecule has 1 aromatic heterocycles. The molecular formula is C22H24FNO3S. The van der Waals surface area contributed by atoms with Gasteiger partial charge in [-0.3, -0.25) is 4.79 Å². The Balaban J connectivity index is 1.73. The lowest BCUT2D eigenvalue weighted by Gasteiger charge is -2.38. The minimum Gasteiger partial charge on any atom is -0.452 e. The fourth-order valence-corrected chi connectivity index (χ4v) is 4.31. The molecule has 1 amide bonds. The Bertz CT molecular complexity index is 835. The largest absolute Gasteiger partial charge is 0.452 e. The number of hydrogen-bond donors (Lipinski definition) is 0. The van der Waals surface area contributed by atoms with Crippen LogP contribution in [0.15, 0.2) is 41.8 Å². The number of benzene rings is 1. The van der Waals surface area contributed by atoms with Crippen molar-refractivity contribution in [2.45, 2.75) is 45.2 Å². The second-order valence-corrected chi connectivity index (χ2v) is 8.04. The minimum absolute atomic E-state index is 0.154. The van der Waals surface area contributed by atoms with Gasteiger partial charge in [0, 0.05) is 17.0 Å². The zero-order chi connectivity index (χ0) is 20.1. The molecule has 0 spiro atoms. The highest BCUT2D eigenvalue weighted by Gasteiger charge is 2.29. The fraction of sp³-hybridized carbons (Fsp3) is 0.364. The highest BCUT2D eigenvalue weighted by Crippen LogP contribution is 2.25. The number of esters is 1. The zero-order valence-corrected chi connectivity index (χ0v) is 16.9. The number of carbonyl (C=O) groups is 2. The highest BCUT2D eigenvalue weighted by atomic mass is 32.1. The quantitative estimate of drug-likeness (QED) is 0.536. The first kappa shape index (κ1) is 20.3. The molecule has 28 heavy (non-hydrogen) atoms. The molecular weight excluding hydrogens is 377 g/mol. The van der Waals surface area contributed by atoms with Gasteiger partial charge in [0.2, 0.25) is 0 Å². The van der Waals surface area contributed by atoms with Crippen molar-refractivity contribution in [3.63, 3.8) is 0 Å². The molecule has 1 aliphatic rings. The van der Waals surface area contributed by atoms with Crippen LogP contribution < -0.4 is 0 Å². The SMILES string of the molecule is C[C@@H]1CCC[C@H](C)N1C(=O)COC(=O)/C(=C\c1ccc(F)cc1)c1cccs1. The molecule has 0 aliphatic carbocycles. The molecule has 1 aromatic carbocycles. The van der Waals surface area contributed by atoms with Gasteiger partial charge in [0.25, 0.3) is 5.91 Å². The van der Waals surface area contributed by atoms with Gasteiger partial charge in [-0.25, -0.2) is 9.18 Å². The summed E-state index contributed by atoms with van der Waals surface area (Å²) >= 11 is 1.41. The first-order valence-corrected chi connectivity index (χ1v) is 10.3. The number of nitrogens with zero attached hydrogens (tertiary/aromatic N) is 1. The van der Waals surface area contributed by atoms with Crippen LogP contribution in [0.2, 0.25) is 0 Å². The van der Waals surface area contributed by atoms with Gasteiger partial charge in [-0.05, 0) is 68.3 Å². The lowest BCUT2D eigenvalue weighted by molar-refractivity contribution is -0.151. The maximum Gasteiger partial charge on any atom is 0.340 e. The molecule has 3 rings (SSSR count). The maximum absolute atomic E-state index is 13.2. The van der Waals surface area contributed by atoms with Crippen molar-refractivity contribution < 1.29 is 18.7 Å². The van der Waals surface area contributed by atoms with Crippen LogP contribution in [-0.2, 0) is 14.3 Å². The van der Waals surface area contributed by atoms with Crippen molar-refractivity contribution in [1.82, 2.24) is 4.90 Å². The van der Waals surface area contributed by atoms with Crippen molar-refractivity contribution in [2.24, 2.45) is 0 Å². The van der Waals surface area contributed by atoms with Gasteiger partial charge in [0.15, 0.2) is 6.61 Å². The number of hydrogen-bond acceptors (Lipinski definition) is 4. The second kappa shape index (κ2) is 9.15. The van der Waals surface area contributed by atoms with Crippen LogP contribution in [-0.4, -0.2) is 35.5 Å². The topological polar surface area (TPSA) is 46.6 Å². The van der Waals surface area contributed by atoms with Crippen molar-refractivity contribution >= 4 is 34.9 Å². The van der Waals surface area contributed by atoms with Crippen molar-refractivity contribution in [3.8, 4) is 0 Å². The van der Waals surface area contributed by atoms with Crippen molar-refractivity contribution in [1.29, 1.82) is 0 Å². The number of thiophene rings is 1. The number of piperidine rings is 1. The standard InChI is InChI=1S/C22H24FNO3S/c1-15-5-3-6-16(2)24(15)21(25)14-27-22(26)19(20-7-4-12-28-20)13-17-8-10-18(23)11-9-17/h4,7-13,15-16H,3,5-6,14H2,1-2H3/b19-13-/t15-,16+. The Morgan fingerprint density at radius 1 is 1.18 bits per heavy atom. The monoisotopic (exact) mass is 401 g/mol. The van der Waals surface area contributed by atoms with Gasteiger partial charge in [-0.2, -0.15) is 0 Å². The van der Waals surface area contributed by atoms with E-state index in [1.807, 2.05) is 36.3 Å². The third-order valence-electron chi connectivity index (χ3n) is 5.00. The molecule has 0 radical (unpaired) electrons. The summed E-state index contributed by atoms with van der Waals surface area (Å²) in [7, 11) is 0. The van der Waals surface area contributed by atoms with Gasteiger partial charge in [0.1, 0.15) is 5.82 Å². The molecule has 0 bridgehead atoms. The average molecular weight is 402 g/mol. The predicted octanol–water partition coefficient (Wildman–Crippen LogP) is 4.76. The van der Waals surface area contributed by atoms with Crippen LogP contribution in [0, 0.1) is 5.82 Å². The summed E-state index contributed by atoms with van der Waals surface area (Å²) in [6, 6.07) is 9.84. The van der Waals surface area contributed by atoms with E-state index in [1.165, 1.54) is 23.5 Å². The molecule has 0 unspecified atom stereocenters. The Morgan fingerprint density at radius 3 is 2.46 bits per heavy atom. The smallest absolute Gasteiger partial charge is 0.340 e. The second-order valence-electron chi connectivity index (χ2n) is 7.09. The molecule has 6 heteroatoms. The van der Waals surface area contributed by atoms with Crippen LogP contribution in [0.5, 0.6) is 0 Å². The summed E-state index contributed by atoms with van der Waals surface area (Å²) in [6.07, 6.45) is 4.70. The number of carbonyl (C=O) groups excluding carboxylic acids is 2. The zero-order valence-electron chi connectivity index (χ0n) is 16.1. The summed E-state index contributed by atoms with van der Waals surface area (Å²) in [6.45, 7) is 3.78. The van der Waals surface area contributed by atoms with Gasteiger partial charge in [0.05, 0.1) is 5.57 Å². The maximum atomic E-state index is 13.2. The summed E-state index contributed by atoms with van der Waals surface area (Å²) in [5.41, 5.74) is 1.04. The van der Waals surface area contributed by atoms with E-state index in [4.69, 9.17) is 4.74 Å². The molecule has 2 atom stereocenters. The third kappa shape index (κ3) is 4.87. The number of halogens is 1. The Labute approximate surface area is 168 Å². The van der Waals surface area contributed by atoms with E-state index in [1.54, 1.807) is 18.2 Å². The van der Waals surface area contributed by atoms with E-state index < -0.39 is 5.97 Å². The molecule has 0 saturated carbocycles. The molecule has 1 fully saturated rings. The number of amides is 1. The lowest BCUT2D eigenvalue weighted by atomic mass is 9.97. The van der Waals surface area contributed by atoms with E-state index in [0.717, 1.165) is 24.1 Å². The predicted molar refractivity (Wildman–Crippen MR) is 109 cm³/mol. The Morgan fingerprint density at radius 2 is 1.86 bits per heavy atom. The van der Waals surface area contributed by atoms with Crippen molar-refractivity contribution in [2.75, 3.05) is 6.61 Å². The molecule has 1 aliphatic heterocycles. The van der Waals surface area contributed by atoms with Gasteiger partial charge >= 0.3 is 5.97 Å². The molecule has 2 aromatic rings. The number of ether oxygens (including phenoxy) is 1. The van der Waals surface area contributed by atoms with E-state index in [9.17, 15) is 14.0 Å². The normalized spacial score (nSPS) is 20.1. The van der Waals surface area contributed by atoms with E-state index in [0.29, 0.717) is 11.1 Å². The van der Waals surface area contributed by atoms with Crippen LogP contribution >= 0.6 is 11.3 Å². The third-order valence-corrected chi connectivity index (χ3v) is 5.90. The highest BCUT2D eigenvalue weighted by molar-refractivity contribution is 7.11. The number of rotatable bonds is 5. The minimum atomic E-state index is -0.558. The molecule has 4 nitrogen and oxygen atoms in total. The summed E-state index contributed by atoms with van der Waals surface area (Å²) in [4.78, 5) is 27.9. The summed E-state index contributed by atoms with van der Waals surface area (Å²) in [5, 5.41) is 1.86. The first-order chi connectivity index (χ1) is 13.5. The van der Waals surface area contributed by atoms with Crippen LogP contribution in [0.1, 0.15) is 43.6 Å². The molecule has 0 N–H and O–H groups in total. The lowest BCUT2D eigenvalue weighted by Crippen LogP contribution is -2.49. The van der Waals surface area contributed by atoms with Crippen LogP contribution in [0.3, 0.4) is 0 Å². The Kier molecular flexibility index (Phi) is 6.62. The molecule has 2 heterocycles.